The topological polar surface area (TPSA) is 69.9 Å². The van der Waals surface area contributed by atoms with Gasteiger partial charge in [-0.15, -0.1) is 0 Å². The second-order valence-electron chi connectivity index (χ2n) is 4.19. The zero-order valence-corrected chi connectivity index (χ0v) is 9.92. The summed E-state index contributed by atoms with van der Waals surface area (Å²) >= 11 is 5.79. The molecule has 0 saturated carbocycles. The molecule has 1 fully saturated rings. The lowest BCUT2D eigenvalue weighted by atomic mass is 9.94. The summed E-state index contributed by atoms with van der Waals surface area (Å²) in [4.78, 5) is 0. The molecule has 0 unspecified atom stereocenters. The first kappa shape index (κ1) is 12.8. The maximum Gasteiger partial charge on any atom is 0.110 e. The van der Waals surface area contributed by atoms with Crippen LogP contribution in [-0.2, 0) is 4.74 Å². The first-order chi connectivity index (χ1) is 8.11. The van der Waals surface area contributed by atoms with Crippen molar-refractivity contribution in [2.24, 2.45) is 0 Å². The number of halogens is 1. The van der Waals surface area contributed by atoms with Gasteiger partial charge in [0.25, 0.3) is 0 Å². The normalized spacial score (nSPS) is 33.6. The quantitative estimate of drug-likeness (QED) is 0.737. The summed E-state index contributed by atoms with van der Waals surface area (Å²) in [5.41, 5.74) is 0.874. The lowest BCUT2D eigenvalue weighted by Crippen LogP contribution is -2.47. The van der Waals surface area contributed by atoms with Crippen molar-refractivity contribution in [3.63, 3.8) is 0 Å². The van der Waals surface area contributed by atoms with Gasteiger partial charge in [-0.05, 0) is 17.7 Å². The fraction of sp³-hybridized carbons (Fsp3) is 0.500. The van der Waals surface area contributed by atoms with Crippen LogP contribution in [0.15, 0.2) is 24.3 Å². The Morgan fingerprint density at radius 1 is 1.24 bits per heavy atom. The molecule has 0 aliphatic carbocycles. The lowest BCUT2D eigenvalue weighted by Gasteiger charge is -2.36. The molecule has 1 aromatic carbocycles. The van der Waals surface area contributed by atoms with Gasteiger partial charge in [0.2, 0.25) is 0 Å². The van der Waals surface area contributed by atoms with Crippen molar-refractivity contribution in [1.29, 1.82) is 0 Å². The average Bonchev–Trinajstić information content (AvgIpc) is 2.33. The summed E-state index contributed by atoms with van der Waals surface area (Å²) in [5, 5.41) is 29.0. The highest BCUT2D eigenvalue weighted by atomic mass is 35.5. The van der Waals surface area contributed by atoms with Gasteiger partial charge < -0.3 is 20.1 Å². The Morgan fingerprint density at radius 3 is 2.47 bits per heavy atom. The minimum Gasteiger partial charge on any atom is -0.394 e. The van der Waals surface area contributed by atoms with Crippen LogP contribution in [0.2, 0.25) is 5.02 Å². The molecule has 5 heteroatoms. The lowest BCUT2D eigenvalue weighted by molar-refractivity contribution is -0.181. The number of ether oxygens (including phenoxy) is 1. The van der Waals surface area contributed by atoms with Crippen LogP contribution >= 0.6 is 11.6 Å². The highest BCUT2D eigenvalue weighted by Gasteiger charge is 2.36. The maximum atomic E-state index is 9.70. The zero-order valence-electron chi connectivity index (χ0n) is 9.16. The SMILES string of the molecule is OC[C@H]1O[C@@H](c2ccc(Cl)cc2)C[C@@H](O)[C@@H]1O. The van der Waals surface area contributed by atoms with E-state index in [0.29, 0.717) is 11.4 Å². The van der Waals surface area contributed by atoms with Gasteiger partial charge >= 0.3 is 0 Å². The molecule has 1 saturated heterocycles. The molecule has 0 spiro atoms. The fourth-order valence-corrected chi connectivity index (χ4v) is 2.12. The molecule has 17 heavy (non-hydrogen) atoms. The molecule has 94 valence electrons. The number of rotatable bonds is 2. The van der Waals surface area contributed by atoms with E-state index in [9.17, 15) is 10.2 Å². The molecular weight excluding hydrogens is 244 g/mol. The van der Waals surface area contributed by atoms with Crippen molar-refractivity contribution in [2.75, 3.05) is 6.61 Å². The Balaban J connectivity index is 2.14. The van der Waals surface area contributed by atoms with E-state index >= 15 is 0 Å². The van der Waals surface area contributed by atoms with Gasteiger partial charge in [0, 0.05) is 11.4 Å². The summed E-state index contributed by atoms with van der Waals surface area (Å²) in [6.07, 6.45) is -2.70. The molecule has 2 rings (SSSR count). The highest BCUT2D eigenvalue weighted by molar-refractivity contribution is 6.30. The summed E-state index contributed by atoms with van der Waals surface area (Å²) < 4.78 is 5.54. The Kier molecular flexibility index (Phi) is 4.01. The van der Waals surface area contributed by atoms with Crippen LogP contribution < -0.4 is 0 Å². The first-order valence-electron chi connectivity index (χ1n) is 5.49. The molecule has 1 aromatic rings. The number of benzene rings is 1. The van der Waals surface area contributed by atoms with Gasteiger partial charge in [0.05, 0.1) is 18.8 Å². The van der Waals surface area contributed by atoms with Crippen molar-refractivity contribution >= 4 is 11.6 Å². The predicted molar refractivity (Wildman–Crippen MR) is 62.8 cm³/mol. The molecule has 1 heterocycles. The van der Waals surface area contributed by atoms with E-state index < -0.39 is 18.3 Å². The summed E-state index contributed by atoms with van der Waals surface area (Å²) in [6, 6.07) is 7.11. The largest absolute Gasteiger partial charge is 0.394 e. The molecule has 1 aliphatic heterocycles. The third-order valence-electron chi connectivity index (χ3n) is 2.99. The molecular formula is C12H15ClO4. The van der Waals surface area contributed by atoms with Crippen LogP contribution in [0.5, 0.6) is 0 Å². The molecule has 4 atom stereocenters. The molecule has 1 aliphatic rings. The maximum absolute atomic E-state index is 9.70. The van der Waals surface area contributed by atoms with Gasteiger partial charge in [-0.25, -0.2) is 0 Å². The van der Waals surface area contributed by atoms with E-state index in [1.807, 2.05) is 12.1 Å². The van der Waals surface area contributed by atoms with Crippen LogP contribution in [0, 0.1) is 0 Å². The zero-order chi connectivity index (χ0) is 12.4. The van der Waals surface area contributed by atoms with E-state index in [2.05, 4.69) is 0 Å². The third-order valence-corrected chi connectivity index (χ3v) is 3.24. The molecule has 0 aromatic heterocycles. The summed E-state index contributed by atoms with van der Waals surface area (Å²) in [7, 11) is 0. The Labute approximate surface area is 104 Å². The Bertz CT molecular complexity index is 367. The minimum absolute atomic E-state index is 0.305. The van der Waals surface area contributed by atoms with E-state index in [1.54, 1.807) is 12.1 Å². The van der Waals surface area contributed by atoms with Crippen molar-refractivity contribution < 1.29 is 20.1 Å². The molecule has 4 nitrogen and oxygen atoms in total. The second kappa shape index (κ2) is 5.33. The van der Waals surface area contributed by atoms with Gasteiger partial charge in [0.15, 0.2) is 0 Å². The Morgan fingerprint density at radius 2 is 1.88 bits per heavy atom. The van der Waals surface area contributed by atoms with Crippen molar-refractivity contribution in [3.8, 4) is 0 Å². The van der Waals surface area contributed by atoms with Crippen LogP contribution in [0.4, 0.5) is 0 Å². The number of aliphatic hydroxyl groups is 3. The third kappa shape index (κ3) is 2.78. The monoisotopic (exact) mass is 258 g/mol. The van der Waals surface area contributed by atoms with Gasteiger partial charge in [-0.3, -0.25) is 0 Å². The van der Waals surface area contributed by atoms with E-state index in [0.717, 1.165) is 5.56 Å². The second-order valence-corrected chi connectivity index (χ2v) is 4.63. The molecule has 0 radical (unpaired) electrons. The number of aliphatic hydroxyl groups excluding tert-OH is 3. The van der Waals surface area contributed by atoms with Gasteiger partial charge in [-0.2, -0.15) is 0 Å². The highest BCUT2D eigenvalue weighted by Crippen LogP contribution is 2.32. The van der Waals surface area contributed by atoms with Crippen LogP contribution in [-0.4, -0.2) is 40.2 Å². The smallest absolute Gasteiger partial charge is 0.110 e. The van der Waals surface area contributed by atoms with Gasteiger partial charge in [0.1, 0.15) is 12.2 Å². The number of hydrogen-bond donors (Lipinski definition) is 3. The van der Waals surface area contributed by atoms with Gasteiger partial charge in [-0.1, -0.05) is 23.7 Å². The first-order valence-corrected chi connectivity index (χ1v) is 5.87. The molecule has 3 N–H and O–H groups in total. The van der Waals surface area contributed by atoms with Crippen molar-refractivity contribution in [3.05, 3.63) is 34.9 Å². The van der Waals surface area contributed by atoms with E-state index in [-0.39, 0.29) is 12.7 Å². The van der Waals surface area contributed by atoms with E-state index in [1.165, 1.54) is 0 Å². The van der Waals surface area contributed by atoms with Crippen LogP contribution in [0.3, 0.4) is 0 Å². The standard InChI is InChI=1S/C12H15ClO4/c13-8-3-1-7(2-4-8)10-5-9(15)12(16)11(6-14)17-10/h1-4,9-12,14-16H,5-6H2/t9-,10-,11-,12+/m1/s1. The summed E-state index contributed by atoms with van der Waals surface area (Å²) in [5.74, 6) is 0. The molecule has 0 bridgehead atoms. The average molecular weight is 259 g/mol. The van der Waals surface area contributed by atoms with Crippen molar-refractivity contribution in [1.82, 2.24) is 0 Å². The van der Waals surface area contributed by atoms with Crippen LogP contribution in [0.25, 0.3) is 0 Å². The van der Waals surface area contributed by atoms with Crippen LogP contribution in [0.1, 0.15) is 18.1 Å². The predicted octanol–water partition coefficient (Wildman–Crippen LogP) is 0.884. The summed E-state index contributed by atoms with van der Waals surface area (Å²) in [6.45, 7) is -0.317. The van der Waals surface area contributed by atoms with E-state index in [4.69, 9.17) is 21.4 Å². The minimum atomic E-state index is -1.04. The Hall–Kier alpha value is -0.650. The van der Waals surface area contributed by atoms with Crippen molar-refractivity contribution in [2.45, 2.75) is 30.8 Å². The molecule has 0 amide bonds. The number of hydrogen-bond acceptors (Lipinski definition) is 4. The fourth-order valence-electron chi connectivity index (χ4n) is 2.00.